The number of anilines is 1. The lowest BCUT2D eigenvalue weighted by atomic mass is 10.2. The largest absolute Gasteiger partial charge is 0.383 e. The van der Waals surface area contributed by atoms with Gasteiger partial charge in [-0.3, -0.25) is 9.78 Å². The zero-order chi connectivity index (χ0) is 14.8. The van der Waals surface area contributed by atoms with Crippen LogP contribution in [0.4, 0.5) is 14.5 Å². The van der Waals surface area contributed by atoms with E-state index in [1.165, 1.54) is 6.20 Å². The highest BCUT2D eigenvalue weighted by Gasteiger charge is 2.10. The average Bonchev–Trinajstić information content (AvgIpc) is 2.44. The molecule has 1 aromatic heterocycles. The van der Waals surface area contributed by atoms with Crippen LogP contribution < -0.4 is 10.6 Å². The van der Waals surface area contributed by atoms with E-state index in [0.29, 0.717) is 11.3 Å². The maximum Gasteiger partial charge on any atom is 0.261 e. The fourth-order valence-corrected chi connectivity index (χ4v) is 1.50. The first-order valence-electron chi connectivity index (χ1n) is 6.47. The number of aromatic nitrogens is 1. The third kappa shape index (κ3) is 5.92. The van der Waals surface area contributed by atoms with Crippen molar-refractivity contribution in [1.82, 2.24) is 10.3 Å². The van der Waals surface area contributed by atoms with Crippen molar-refractivity contribution in [1.29, 1.82) is 0 Å². The number of nitrogens with one attached hydrogen (secondary N) is 2. The Hall–Kier alpha value is -1.76. The summed E-state index contributed by atoms with van der Waals surface area (Å²) >= 11 is 0. The highest BCUT2D eigenvalue weighted by atomic mass is 19.3. The van der Waals surface area contributed by atoms with Crippen molar-refractivity contribution in [3.05, 3.63) is 24.0 Å². The molecule has 7 heteroatoms. The second-order valence-corrected chi connectivity index (χ2v) is 4.07. The summed E-state index contributed by atoms with van der Waals surface area (Å²) in [5.41, 5.74) is 1.13. The second kappa shape index (κ2) is 9.19. The summed E-state index contributed by atoms with van der Waals surface area (Å²) in [6.45, 7) is 2.38. The molecule has 112 valence electrons. The molecule has 1 amide bonds. The second-order valence-electron chi connectivity index (χ2n) is 4.07. The molecule has 0 atom stereocenters. The Bertz CT molecular complexity index is 416. The fraction of sp³-hybridized carbons (Fsp3) is 0.538. The van der Waals surface area contributed by atoms with Crippen LogP contribution in [0.15, 0.2) is 18.5 Å². The first-order valence-corrected chi connectivity index (χ1v) is 6.47. The monoisotopic (exact) mass is 287 g/mol. The SMILES string of the molecule is CCCNc1cnccc1C(=O)NCCOCC(F)F. The smallest absolute Gasteiger partial charge is 0.261 e. The van der Waals surface area contributed by atoms with Crippen molar-refractivity contribution in [2.24, 2.45) is 0 Å². The number of amides is 1. The summed E-state index contributed by atoms with van der Waals surface area (Å²) in [5.74, 6) is -0.286. The standard InChI is InChI=1S/C13H19F2N3O2/c1-2-4-17-11-8-16-5-3-10(11)13(19)18-6-7-20-9-12(14)15/h3,5,8,12,17H,2,4,6-7,9H2,1H3,(H,18,19). The van der Waals surface area contributed by atoms with E-state index in [-0.39, 0.29) is 19.1 Å². The molecule has 0 bridgehead atoms. The molecule has 0 unspecified atom stereocenters. The van der Waals surface area contributed by atoms with Gasteiger partial charge in [0.15, 0.2) is 0 Å². The maximum atomic E-state index is 11.9. The van der Waals surface area contributed by atoms with E-state index >= 15 is 0 Å². The van der Waals surface area contributed by atoms with Gasteiger partial charge in [-0.1, -0.05) is 6.92 Å². The highest BCUT2D eigenvalue weighted by molar-refractivity contribution is 5.99. The Morgan fingerprint density at radius 3 is 2.95 bits per heavy atom. The molecule has 5 nitrogen and oxygen atoms in total. The first kappa shape index (κ1) is 16.3. The summed E-state index contributed by atoms with van der Waals surface area (Å²) in [6, 6.07) is 1.60. The third-order valence-corrected chi connectivity index (χ3v) is 2.41. The highest BCUT2D eigenvalue weighted by Crippen LogP contribution is 2.12. The van der Waals surface area contributed by atoms with Gasteiger partial charge in [0, 0.05) is 19.3 Å². The summed E-state index contributed by atoms with van der Waals surface area (Å²) < 4.78 is 28.3. The van der Waals surface area contributed by atoms with Gasteiger partial charge in [0.2, 0.25) is 0 Å². The Kier molecular flexibility index (Phi) is 7.49. The average molecular weight is 287 g/mol. The third-order valence-electron chi connectivity index (χ3n) is 2.41. The number of halogens is 2. The van der Waals surface area contributed by atoms with Gasteiger partial charge in [-0.25, -0.2) is 8.78 Å². The quantitative estimate of drug-likeness (QED) is 0.681. The van der Waals surface area contributed by atoms with Crippen molar-refractivity contribution in [3.8, 4) is 0 Å². The van der Waals surface area contributed by atoms with Gasteiger partial charge in [-0.2, -0.15) is 0 Å². The zero-order valence-electron chi connectivity index (χ0n) is 11.4. The fourth-order valence-electron chi connectivity index (χ4n) is 1.50. The van der Waals surface area contributed by atoms with Gasteiger partial charge >= 0.3 is 0 Å². The number of ether oxygens (including phenoxy) is 1. The summed E-state index contributed by atoms with van der Waals surface area (Å²) in [5, 5.41) is 5.72. The van der Waals surface area contributed by atoms with Gasteiger partial charge in [-0.15, -0.1) is 0 Å². The lowest BCUT2D eigenvalue weighted by Crippen LogP contribution is -2.28. The van der Waals surface area contributed by atoms with E-state index < -0.39 is 13.0 Å². The van der Waals surface area contributed by atoms with Crippen molar-refractivity contribution in [3.63, 3.8) is 0 Å². The molecule has 0 aliphatic heterocycles. The Morgan fingerprint density at radius 1 is 1.45 bits per heavy atom. The molecular formula is C13H19F2N3O2. The normalized spacial score (nSPS) is 10.6. The van der Waals surface area contributed by atoms with Crippen LogP contribution in [0.1, 0.15) is 23.7 Å². The minimum absolute atomic E-state index is 0.0544. The molecule has 0 aliphatic rings. The minimum atomic E-state index is -2.49. The Labute approximate surface area is 116 Å². The summed E-state index contributed by atoms with van der Waals surface area (Å²) in [4.78, 5) is 15.9. The molecule has 2 N–H and O–H groups in total. The predicted octanol–water partition coefficient (Wildman–Crippen LogP) is 1.92. The lowest BCUT2D eigenvalue weighted by Gasteiger charge is -2.11. The van der Waals surface area contributed by atoms with Crippen molar-refractivity contribution < 1.29 is 18.3 Å². The number of rotatable bonds is 9. The van der Waals surface area contributed by atoms with Crippen LogP contribution in [0, 0.1) is 0 Å². The van der Waals surface area contributed by atoms with Gasteiger partial charge in [0.05, 0.1) is 24.1 Å². The van der Waals surface area contributed by atoms with E-state index in [9.17, 15) is 13.6 Å². The number of alkyl halides is 2. The molecule has 0 aromatic carbocycles. The molecule has 20 heavy (non-hydrogen) atoms. The summed E-state index contributed by atoms with van der Waals surface area (Å²) in [6.07, 6.45) is 1.55. The number of hydrogen-bond acceptors (Lipinski definition) is 4. The molecule has 0 aliphatic carbocycles. The number of carbonyl (C=O) groups is 1. The Morgan fingerprint density at radius 2 is 2.25 bits per heavy atom. The lowest BCUT2D eigenvalue weighted by molar-refractivity contribution is 0.0188. The van der Waals surface area contributed by atoms with Crippen LogP contribution in [0.5, 0.6) is 0 Å². The van der Waals surface area contributed by atoms with Gasteiger partial charge in [-0.05, 0) is 12.5 Å². The summed E-state index contributed by atoms with van der Waals surface area (Å²) in [7, 11) is 0. The van der Waals surface area contributed by atoms with Gasteiger partial charge in [0.1, 0.15) is 6.61 Å². The number of pyridine rings is 1. The van der Waals surface area contributed by atoms with Crippen molar-refractivity contribution in [2.45, 2.75) is 19.8 Å². The molecular weight excluding hydrogens is 268 g/mol. The van der Waals surface area contributed by atoms with Crippen LogP contribution in [0.25, 0.3) is 0 Å². The number of hydrogen-bond donors (Lipinski definition) is 2. The van der Waals surface area contributed by atoms with E-state index in [0.717, 1.165) is 13.0 Å². The van der Waals surface area contributed by atoms with Crippen LogP contribution in [0.2, 0.25) is 0 Å². The van der Waals surface area contributed by atoms with E-state index in [4.69, 9.17) is 0 Å². The molecule has 0 radical (unpaired) electrons. The molecule has 1 rings (SSSR count). The van der Waals surface area contributed by atoms with Gasteiger partial charge in [0.25, 0.3) is 12.3 Å². The maximum absolute atomic E-state index is 11.9. The molecule has 1 heterocycles. The van der Waals surface area contributed by atoms with Crippen LogP contribution in [-0.2, 0) is 4.74 Å². The Balaban J connectivity index is 2.42. The van der Waals surface area contributed by atoms with Crippen molar-refractivity contribution in [2.75, 3.05) is 31.6 Å². The predicted molar refractivity (Wildman–Crippen MR) is 72.2 cm³/mol. The molecule has 0 saturated heterocycles. The topological polar surface area (TPSA) is 63.2 Å². The minimum Gasteiger partial charge on any atom is -0.383 e. The van der Waals surface area contributed by atoms with E-state index in [1.54, 1.807) is 12.3 Å². The van der Waals surface area contributed by atoms with Crippen LogP contribution in [0.3, 0.4) is 0 Å². The molecule has 0 saturated carbocycles. The number of nitrogens with zero attached hydrogens (tertiary/aromatic N) is 1. The molecule has 0 fully saturated rings. The molecule has 1 aromatic rings. The van der Waals surface area contributed by atoms with E-state index in [1.807, 2.05) is 6.92 Å². The first-order chi connectivity index (χ1) is 9.65. The van der Waals surface area contributed by atoms with E-state index in [2.05, 4.69) is 20.4 Å². The number of carbonyl (C=O) groups excluding carboxylic acids is 1. The van der Waals surface area contributed by atoms with Gasteiger partial charge < -0.3 is 15.4 Å². The van der Waals surface area contributed by atoms with Crippen molar-refractivity contribution >= 4 is 11.6 Å². The van der Waals surface area contributed by atoms with Crippen LogP contribution >= 0.6 is 0 Å². The zero-order valence-corrected chi connectivity index (χ0v) is 11.4. The van der Waals surface area contributed by atoms with Crippen LogP contribution in [-0.4, -0.2) is 43.6 Å². The molecule has 0 spiro atoms.